The lowest BCUT2D eigenvalue weighted by Crippen LogP contribution is -2.18. The van der Waals surface area contributed by atoms with Crippen LogP contribution >= 0.6 is 0 Å². The summed E-state index contributed by atoms with van der Waals surface area (Å²) in [6.45, 7) is 1.78. The Bertz CT molecular complexity index is 1110. The number of benzene rings is 2. The summed E-state index contributed by atoms with van der Waals surface area (Å²) in [6, 6.07) is 11.1. The van der Waals surface area contributed by atoms with E-state index in [4.69, 9.17) is 4.74 Å². The molecule has 1 aromatic heterocycles. The molecule has 3 aromatic rings. The lowest BCUT2D eigenvalue weighted by molar-refractivity contribution is -0.385. The Morgan fingerprint density at radius 1 is 1.32 bits per heavy atom. The van der Waals surface area contributed by atoms with Crippen molar-refractivity contribution in [1.29, 1.82) is 0 Å². The summed E-state index contributed by atoms with van der Waals surface area (Å²) < 4.78 is 4.92. The lowest BCUT2D eigenvalue weighted by Gasteiger charge is -2.07. The molecule has 0 radical (unpaired) electrons. The number of nitrogens with one attached hydrogen (secondary N) is 1. The fourth-order valence-electron chi connectivity index (χ4n) is 2.69. The van der Waals surface area contributed by atoms with Crippen LogP contribution in [0.2, 0.25) is 0 Å². The summed E-state index contributed by atoms with van der Waals surface area (Å²) >= 11 is 0. The van der Waals surface area contributed by atoms with Crippen molar-refractivity contribution in [3.8, 4) is 11.5 Å². The van der Waals surface area contributed by atoms with E-state index in [1.54, 1.807) is 31.2 Å². The van der Waals surface area contributed by atoms with Crippen LogP contribution in [0.4, 0.5) is 5.69 Å². The smallest absolute Gasteiger partial charge is 0.274 e. The number of aryl methyl sites for hydroxylation is 1. The van der Waals surface area contributed by atoms with Crippen molar-refractivity contribution in [2.75, 3.05) is 7.11 Å². The highest BCUT2D eigenvalue weighted by molar-refractivity contribution is 6.06. The largest absolute Gasteiger partial charge is 0.504 e. The van der Waals surface area contributed by atoms with Gasteiger partial charge in [0.05, 0.1) is 35.4 Å². The van der Waals surface area contributed by atoms with E-state index in [0.717, 1.165) is 18.3 Å². The van der Waals surface area contributed by atoms with Gasteiger partial charge in [-0.25, -0.2) is 5.43 Å². The van der Waals surface area contributed by atoms with Gasteiger partial charge in [-0.05, 0) is 19.1 Å². The maximum Gasteiger partial charge on any atom is 0.274 e. The van der Waals surface area contributed by atoms with Gasteiger partial charge in [0.25, 0.3) is 11.6 Å². The minimum absolute atomic E-state index is 0.0297. The number of carbonyl (C=O) groups excluding carboxylic acids is 1. The summed E-state index contributed by atoms with van der Waals surface area (Å²) in [7, 11) is 1.28. The van der Waals surface area contributed by atoms with E-state index in [1.807, 2.05) is 6.07 Å². The molecular weight excluding hydrogens is 364 g/mol. The van der Waals surface area contributed by atoms with Crippen molar-refractivity contribution in [3.63, 3.8) is 0 Å². The van der Waals surface area contributed by atoms with Crippen LogP contribution in [-0.2, 0) is 0 Å². The van der Waals surface area contributed by atoms with E-state index in [9.17, 15) is 20.0 Å². The highest BCUT2D eigenvalue weighted by Gasteiger charge is 2.16. The second-order valence-electron chi connectivity index (χ2n) is 5.87. The third kappa shape index (κ3) is 3.73. The number of hydrazone groups is 1. The second kappa shape index (κ2) is 7.70. The Morgan fingerprint density at radius 2 is 2.07 bits per heavy atom. The molecule has 1 amide bonds. The molecule has 28 heavy (non-hydrogen) atoms. The van der Waals surface area contributed by atoms with Crippen LogP contribution in [0.3, 0.4) is 0 Å². The predicted octanol–water partition coefficient (Wildman–Crippen LogP) is 2.93. The molecule has 0 aliphatic heterocycles. The predicted molar refractivity (Wildman–Crippen MR) is 103 cm³/mol. The van der Waals surface area contributed by atoms with E-state index >= 15 is 0 Å². The first-order valence-electron chi connectivity index (χ1n) is 8.16. The number of amides is 1. The Labute approximate surface area is 159 Å². The first-order chi connectivity index (χ1) is 13.4. The zero-order valence-corrected chi connectivity index (χ0v) is 15.0. The molecular formula is C19H16N4O5. The number of phenolic OH excluding ortho intramolecular Hbond substituents is 1. The number of nitro benzene ring substituents is 1. The molecule has 2 N–H and O–H groups in total. The molecule has 0 aliphatic rings. The number of non-ortho nitro benzene ring substituents is 1. The molecule has 0 saturated heterocycles. The van der Waals surface area contributed by atoms with Crippen LogP contribution in [0, 0.1) is 17.0 Å². The summed E-state index contributed by atoms with van der Waals surface area (Å²) in [6.07, 6.45) is 1.11. The van der Waals surface area contributed by atoms with Crippen LogP contribution in [0.15, 0.2) is 47.6 Å². The van der Waals surface area contributed by atoms with Crippen molar-refractivity contribution >= 4 is 28.7 Å². The van der Waals surface area contributed by atoms with Gasteiger partial charge in [0.15, 0.2) is 11.5 Å². The second-order valence-corrected chi connectivity index (χ2v) is 5.87. The van der Waals surface area contributed by atoms with Crippen LogP contribution in [0.5, 0.6) is 11.5 Å². The number of phenols is 1. The van der Waals surface area contributed by atoms with Crippen LogP contribution < -0.4 is 10.2 Å². The molecule has 0 fully saturated rings. The Morgan fingerprint density at radius 3 is 2.79 bits per heavy atom. The minimum Gasteiger partial charge on any atom is -0.504 e. The summed E-state index contributed by atoms with van der Waals surface area (Å²) in [5.74, 6) is -0.871. The summed E-state index contributed by atoms with van der Waals surface area (Å²) in [4.78, 5) is 27.3. The van der Waals surface area contributed by atoms with Gasteiger partial charge in [0.1, 0.15) is 0 Å². The molecule has 9 heteroatoms. The number of carbonyl (C=O) groups is 1. The molecule has 0 unspecified atom stereocenters. The minimum atomic E-state index is -0.621. The van der Waals surface area contributed by atoms with Gasteiger partial charge < -0.3 is 9.84 Å². The normalized spacial score (nSPS) is 10.9. The molecule has 0 spiro atoms. The van der Waals surface area contributed by atoms with Gasteiger partial charge in [-0.2, -0.15) is 5.10 Å². The number of hydrogen-bond acceptors (Lipinski definition) is 7. The highest BCUT2D eigenvalue weighted by atomic mass is 16.6. The number of fused-ring (bicyclic) bond motifs is 1. The number of pyridine rings is 1. The van der Waals surface area contributed by atoms with Gasteiger partial charge in [0.2, 0.25) is 0 Å². The van der Waals surface area contributed by atoms with Gasteiger partial charge >= 0.3 is 0 Å². The Hall–Kier alpha value is -4.01. The van der Waals surface area contributed by atoms with Crippen molar-refractivity contribution in [2.45, 2.75) is 6.92 Å². The number of aromatic hydroxyl groups is 1. The van der Waals surface area contributed by atoms with Crippen LogP contribution in [-0.4, -0.2) is 34.2 Å². The maximum absolute atomic E-state index is 12.5. The van der Waals surface area contributed by atoms with Gasteiger partial charge in [0, 0.05) is 22.7 Å². The highest BCUT2D eigenvalue weighted by Crippen LogP contribution is 2.33. The molecule has 0 aliphatic carbocycles. The number of para-hydroxylation sites is 1. The first kappa shape index (κ1) is 18.8. The number of nitrogens with zero attached hydrogens (tertiary/aromatic N) is 3. The molecule has 2 aromatic carbocycles. The molecule has 3 rings (SSSR count). The molecule has 0 saturated carbocycles. The lowest BCUT2D eigenvalue weighted by atomic mass is 10.1. The zero-order valence-electron chi connectivity index (χ0n) is 15.0. The third-order valence-electron chi connectivity index (χ3n) is 3.98. The summed E-state index contributed by atoms with van der Waals surface area (Å²) in [5.41, 5.74) is 3.85. The van der Waals surface area contributed by atoms with E-state index < -0.39 is 10.8 Å². The van der Waals surface area contributed by atoms with Gasteiger partial charge in [-0.15, -0.1) is 0 Å². The van der Waals surface area contributed by atoms with E-state index in [0.29, 0.717) is 22.2 Å². The molecule has 1 heterocycles. The van der Waals surface area contributed by atoms with Crippen molar-refractivity contribution < 1.29 is 19.6 Å². The van der Waals surface area contributed by atoms with Gasteiger partial charge in [-0.3, -0.25) is 19.9 Å². The van der Waals surface area contributed by atoms with E-state index in [1.165, 1.54) is 7.11 Å². The maximum atomic E-state index is 12.5. The SMILES string of the molecule is COc1cc([N+](=O)[O-])cc(/C=N/NC(=O)c2cc(C)nc3ccccc23)c1O. The van der Waals surface area contributed by atoms with Crippen molar-refractivity contribution in [3.05, 3.63) is 69.4 Å². The number of aromatic nitrogens is 1. The quantitative estimate of drug-likeness (QED) is 0.398. The third-order valence-corrected chi connectivity index (χ3v) is 3.98. The number of rotatable bonds is 5. The number of nitro groups is 1. The number of hydrogen-bond donors (Lipinski definition) is 2. The molecule has 9 nitrogen and oxygen atoms in total. The monoisotopic (exact) mass is 380 g/mol. The Kier molecular flexibility index (Phi) is 5.16. The van der Waals surface area contributed by atoms with Gasteiger partial charge in [-0.1, -0.05) is 18.2 Å². The van der Waals surface area contributed by atoms with Crippen molar-refractivity contribution in [2.24, 2.45) is 5.10 Å². The fraction of sp³-hybridized carbons (Fsp3) is 0.105. The standard InChI is InChI=1S/C19H16N4O5/c1-11-7-15(14-5-3-4-6-16(14)21-11)19(25)22-20-10-12-8-13(23(26)27)9-17(28-2)18(12)24/h3-10,24H,1-2H3,(H,22,25)/b20-10+. The van der Waals surface area contributed by atoms with E-state index in [-0.39, 0.29) is 22.7 Å². The number of methoxy groups -OCH3 is 1. The Balaban J connectivity index is 1.89. The van der Waals surface area contributed by atoms with Crippen LogP contribution in [0.25, 0.3) is 10.9 Å². The fourth-order valence-corrected chi connectivity index (χ4v) is 2.69. The number of ether oxygens (including phenoxy) is 1. The molecule has 0 bridgehead atoms. The average molecular weight is 380 g/mol. The average Bonchev–Trinajstić information content (AvgIpc) is 2.68. The van der Waals surface area contributed by atoms with Crippen molar-refractivity contribution in [1.82, 2.24) is 10.4 Å². The van der Waals surface area contributed by atoms with Crippen LogP contribution in [0.1, 0.15) is 21.6 Å². The molecule has 0 atom stereocenters. The topological polar surface area (TPSA) is 127 Å². The molecule has 142 valence electrons. The summed E-state index contributed by atoms with van der Waals surface area (Å²) in [5, 5.41) is 25.6. The van der Waals surface area contributed by atoms with E-state index in [2.05, 4.69) is 15.5 Å². The first-order valence-corrected chi connectivity index (χ1v) is 8.16. The zero-order chi connectivity index (χ0) is 20.3.